The number of nitrogens with two attached hydrogens (primary N) is 3. The number of nitrogen functional groups attached to an aromatic ring is 2. The second kappa shape index (κ2) is 3.32. The zero-order valence-electron chi connectivity index (χ0n) is 7.00. The predicted octanol–water partition coefficient (Wildman–Crippen LogP) is 0.318. The van der Waals surface area contributed by atoms with Crippen LogP contribution in [0.1, 0.15) is 5.56 Å². The van der Waals surface area contributed by atoms with Gasteiger partial charge in [0.1, 0.15) is 5.75 Å². The maximum absolute atomic E-state index is 5.66. The summed E-state index contributed by atoms with van der Waals surface area (Å²) in [6, 6.07) is 3.46. The molecule has 0 aliphatic heterocycles. The minimum atomic E-state index is 0.368. The van der Waals surface area contributed by atoms with E-state index in [0.717, 1.165) is 5.56 Å². The van der Waals surface area contributed by atoms with Crippen LogP contribution in [-0.2, 0) is 6.54 Å². The molecule has 4 heteroatoms. The molecule has 0 radical (unpaired) electrons. The predicted molar refractivity (Wildman–Crippen MR) is 49.7 cm³/mol. The van der Waals surface area contributed by atoms with E-state index in [2.05, 4.69) is 0 Å². The molecule has 0 heterocycles. The topological polar surface area (TPSA) is 87.3 Å². The first kappa shape index (κ1) is 8.67. The van der Waals surface area contributed by atoms with Crippen LogP contribution in [0.3, 0.4) is 0 Å². The molecule has 0 saturated heterocycles. The van der Waals surface area contributed by atoms with E-state index < -0.39 is 0 Å². The van der Waals surface area contributed by atoms with Gasteiger partial charge in [0.25, 0.3) is 0 Å². The van der Waals surface area contributed by atoms with E-state index >= 15 is 0 Å². The molecular formula is C8H13N3O. The van der Waals surface area contributed by atoms with Crippen molar-refractivity contribution in [1.29, 1.82) is 0 Å². The molecule has 0 amide bonds. The summed E-state index contributed by atoms with van der Waals surface area (Å²) in [5.41, 5.74) is 18.6. The van der Waals surface area contributed by atoms with Gasteiger partial charge >= 0.3 is 0 Å². The van der Waals surface area contributed by atoms with Crippen molar-refractivity contribution in [2.45, 2.75) is 6.54 Å². The SMILES string of the molecule is COc1cc(N)c(N)c(CN)c1. The van der Waals surface area contributed by atoms with E-state index in [4.69, 9.17) is 21.9 Å². The first-order chi connectivity index (χ1) is 5.69. The highest BCUT2D eigenvalue weighted by atomic mass is 16.5. The lowest BCUT2D eigenvalue weighted by Crippen LogP contribution is -2.05. The number of ether oxygens (including phenoxy) is 1. The Bertz CT molecular complexity index is 286. The standard InChI is InChI=1S/C8H13N3O/c1-12-6-2-5(4-9)8(11)7(10)3-6/h2-3H,4,9-11H2,1H3. The van der Waals surface area contributed by atoms with Crippen LogP contribution >= 0.6 is 0 Å². The Kier molecular flexibility index (Phi) is 2.40. The van der Waals surface area contributed by atoms with Gasteiger partial charge in [-0.1, -0.05) is 0 Å². The minimum absolute atomic E-state index is 0.368. The van der Waals surface area contributed by atoms with Gasteiger partial charge in [0.05, 0.1) is 18.5 Å². The second-order valence-electron chi connectivity index (χ2n) is 2.49. The third-order valence-corrected chi connectivity index (χ3v) is 1.73. The van der Waals surface area contributed by atoms with Gasteiger partial charge in [-0.25, -0.2) is 0 Å². The van der Waals surface area contributed by atoms with Gasteiger partial charge < -0.3 is 21.9 Å². The van der Waals surface area contributed by atoms with Crippen molar-refractivity contribution in [3.63, 3.8) is 0 Å². The highest BCUT2D eigenvalue weighted by Crippen LogP contribution is 2.26. The Labute approximate surface area is 71.3 Å². The van der Waals surface area contributed by atoms with Crippen LogP contribution in [-0.4, -0.2) is 7.11 Å². The van der Waals surface area contributed by atoms with Gasteiger partial charge in [-0.3, -0.25) is 0 Å². The molecule has 0 fully saturated rings. The molecule has 4 nitrogen and oxygen atoms in total. The van der Waals surface area contributed by atoms with Crippen molar-refractivity contribution in [2.75, 3.05) is 18.6 Å². The third kappa shape index (κ3) is 1.43. The maximum Gasteiger partial charge on any atom is 0.121 e. The molecular weight excluding hydrogens is 154 g/mol. The molecule has 0 bridgehead atoms. The summed E-state index contributed by atoms with van der Waals surface area (Å²) >= 11 is 0. The molecule has 66 valence electrons. The van der Waals surface area contributed by atoms with Crippen molar-refractivity contribution in [3.05, 3.63) is 17.7 Å². The van der Waals surface area contributed by atoms with E-state index in [1.165, 1.54) is 0 Å². The van der Waals surface area contributed by atoms with Crippen LogP contribution in [0, 0.1) is 0 Å². The van der Waals surface area contributed by atoms with Crippen LogP contribution in [0.4, 0.5) is 11.4 Å². The van der Waals surface area contributed by atoms with Crippen molar-refractivity contribution < 1.29 is 4.74 Å². The van der Waals surface area contributed by atoms with Crippen molar-refractivity contribution in [2.24, 2.45) is 5.73 Å². The normalized spacial score (nSPS) is 9.83. The van der Waals surface area contributed by atoms with Crippen LogP contribution < -0.4 is 21.9 Å². The largest absolute Gasteiger partial charge is 0.497 e. The number of benzene rings is 1. The summed E-state index contributed by atoms with van der Waals surface area (Å²) in [5.74, 6) is 0.683. The molecule has 0 aromatic heterocycles. The number of rotatable bonds is 2. The number of hydrogen-bond donors (Lipinski definition) is 3. The molecule has 0 aliphatic carbocycles. The third-order valence-electron chi connectivity index (χ3n) is 1.73. The first-order valence-corrected chi connectivity index (χ1v) is 3.61. The zero-order valence-corrected chi connectivity index (χ0v) is 7.00. The van der Waals surface area contributed by atoms with Gasteiger partial charge in [0.2, 0.25) is 0 Å². The van der Waals surface area contributed by atoms with Crippen molar-refractivity contribution >= 4 is 11.4 Å². The van der Waals surface area contributed by atoms with Crippen LogP contribution in [0.15, 0.2) is 12.1 Å². The summed E-state index contributed by atoms with van der Waals surface area (Å²) in [5, 5.41) is 0. The molecule has 6 N–H and O–H groups in total. The van der Waals surface area contributed by atoms with Crippen molar-refractivity contribution in [3.8, 4) is 5.75 Å². The Morgan fingerprint density at radius 3 is 2.50 bits per heavy atom. The zero-order chi connectivity index (χ0) is 9.14. The van der Waals surface area contributed by atoms with Crippen LogP contribution in [0.2, 0.25) is 0 Å². The van der Waals surface area contributed by atoms with Gasteiger partial charge in [0, 0.05) is 12.6 Å². The Hall–Kier alpha value is -1.42. The molecule has 0 atom stereocenters. The van der Waals surface area contributed by atoms with Crippen LogP contribution in [0.25, 0.3) is 0 Å². The molecule has 1 aromatic carbocycles. The quantitative estimate of drug-likeness (QED) is 0.553. The van der Waals surface area contributed by atoms with E-state index in [0.29, 0.717) is 23.7 Å². The minimum Gasteiger partial charge on any atom is -0.497 e. The number of methoxy groups -OCH3 is 1. The number of anilines is 2. The summed E-state index contributed by atoms with van der Waals surface area (Å²) in [6.45, 7) is 0.368. The first-order valence-electron chi connectivity index (χ1n) is 3.61. The summed E-state index contributed by atoms with van der Waals surface area (Å²) in [4.78, 5) is 0. The van der Waals surface area contributed by atoms with Gasteiger partial charge in [-0.15, -0.1) is 0 Å². The van der Waals surface area contributed by atoms with Gasteiger partial charge in [0.15, 0.2) is 0 Å². The summed E-state index contributed by atoms with van der Waals surface area (Å²) in [6.07, 6.45) is 0. The van der Waals surface area contributed by atoms with Crippen LogP contribution in [0.5, 0.6) is 5.75 Å². The Morgan fingerprint density at radius 2 is 2.00 bits per heavy atom. The van der Waals surface area contributed by atoms with E-state index in [-0.39, 0.29) is 0 Å². The fourth-order valence-electron chi connectivity index (χ4n) is 0.994. The Morgan fingerprint density at radius 1 is 1.33 bits per heavy atom. The van der Waals surface area contributed by atoms with E-state index in [1.54, 1.807) is 19.2 Å². The highest BCUT2D eigenvalue weighted by Gasteiger charge is 2.03. The van der Waals surface area contributed by atoms with Gasteiger partial charge in [-0.2, -0.15) is 0 Å². The van der Waals surface area contributed by atoms with Crippen molar-refractivity contribution in [1.82, 2.24) is 0 Å². The molecule has 0 aliphatic rings. The highest BCUT2D eigenvalue weighted by molar-refractivity contribution is 5.69. The smallest absolute Gasteiger partial charge is 0.121 e. The number of hydrogen-bond acceptors (Lipinski definition) is 4. The average molecular weight is 167 g/mol. The fraction of sp³-hybridized carbons (Fsp3) is 0.250. The maximum atomic E-state index is 5.66. The van der Waals surface area contributed by atoms with E-state index in [1.807, 2.05) is 0 Å². The van der Waals surface area contributed by atoms with Gasteiger partial charge in [-0.05, 0) is 11.6 Å². The molecule has 1 rings (SSSR count). The molecule has 0 unspecified atom stereocenters. The molecule has 0 spiro atoms. The lowest BCUT2D eigenvalue weighted by Gasteiger charge is -2.08. The molecule has 12 heavy (non-hydrogen) atoms. The summed E-state index contributed by atoms with van der Waals surface area (Å²) in [7, 11) is 1.57. The average Bonchev–Trinajstić information content (AvgIpc) is 2.09. The molecule has 0 saturated carbocycles. The van der Waals surface area contributed by atoms with E-state index in [9.17, 15) is 0 Å². The lowest BCUT2D eigenvalue weighted by molar-refractivity contribution is 0.414. The lowest BCUT2D eigenvalue weighted by atomic mass is 10.1. The summed E-state index contributed by atoms with van der Waals surface area (Å²) < 4.78 is 5.00. The second-order valence-corrected chi connectivity index (χ2v) is 2.49. The molecule has 1 aromatic rings. The monoisotopic (exact) mass is 167 g/mol. The Balaban J connectivity index is 3.19. The fourth-order valence-corrected chi connectivity index (χ4v) is 0.994.